The third-order valence-corrected chi connectivity index (χ3v) is 2.40. The lowest BCUT2D eigenvalue weighted by atomic mass is 10.0. The van der Waals surface area contributed by atoms with Crippen LogP contribution in [0.2, 0.25) is 0 Å². The van der Waals surface area contributed by atoms with E-state index >= 15 is 0 Å². The van der Waals surface area contributed by atoms with Crippen molar-refractivity contribution in [2.75, 3.05) is 20.6 Å². The number of hydrogen-bond donors (Lipinski definition) is 0. The molecule has 1 saturated heterocycles. The Morgan fingerprint density at radius 3 is 2.42 bits per heavy atom. The van der Waals surface area contributed by atoms with Crippen LogP contribution < -0.4 is 0 Å². The fourth-order valence-corrected chi connectivity index (χ4v) is 1.72. The van der Waals surface area contributed by atoms with Gasteiger partial charge in [-0.1, -0.05) is 13.8 Å². The molecule has 0 aromatic rings. The van der Waals surface area contributed by atoms with Gasteiger partial charge in [-0.3, -0.25) is 0 Å². The molecule has 70 valence electrons. The number of likely N-dealkylation sites (N-methyl/N-ethyl adjacent to an activating group) is 2. The summed E-state index contributed by atoms with van der Waals surface area (Å²) in [6, 6.07) is 0.572. The molecule has 0 spiro atoms. The first-order valence-electron chi connectivity index (χ1n) is 4.50. The molecule has 1 rings (SSSR count). The highest BCUT2D eigenvalue weighted by Crippen LogP contribution is 2.18. The average Bonchev–Trinajstić information content (AvgIpc) is 2.17. The Morgan fingerprint density at radius 1 is 1.50 bits per heavy atom. The normalized spacial score (nSPS) is 24.4. The lowest BCUT2D eigenvalue weighted by molar-refractivity contribution is 0.199. The van der Waals surface area contributed by atoms with Gasteiger partial charge in [-0.15, -0.1) is 0 Å². The molecule has 12 heavy (non-hydrogen) atoms. The van der Waals surface area contributed by atoms with Gasteiger partial charge in [0.2, 0.25) is 0 Å². The van der Waals surface area contributed by atoms with Crippen LogP contribution in [0.5, 0.6) is 0 Å². The molecule has 1 heterocycles. The Morgan fingerprint density at radius 2 is 2.08 bits per heavy atom. The van der Waals surface area contributed by atoms with Gasteiger partial charge < -0.3 is 9.80 Å². The van der Waals surface area contributed by atoms with Crippen LogP contribution in [0.25, 0.3) is 0 Å². The van der Waals surface area contributed by atoms with E-state index in [9.17, 15) is 4.79 Å². The number of amides is 2. The molecule has 1 aliphatic heterocycles. The van der Waals surface area contributed by atoms with Crippen molar-refractivity contribution in [3.05, 3.63) is 0 Å². The van der Waals surface area contributed by atoms with Gasteiger partial charge in [-0.2, -0.15) is 0 Å². The van der Waals surface area contributed by atoms with Gasteiger partial charge in [0.1, 0.15) is 0 Å². The van der Waals surface area contributed by atoms with Crippen molar-refractivity contribution in [2.24, 2.45) is 5.92 Å². The summed E-state index contributed by atoms with van der Waals surface area (Å²) in [7, 11) is 3.75. The number of hydrogen-bond acceptors (Lipinski definition) is 1. The molecule has 0 bridgehead atoms. The van der Waals surface area contributed by atoms with Crippen LogP contribution >= 0.6 is 0 Å². The zero-order valence-electron chi connectivity index (χ0n) is 8.37. The number of rotatable bonds is 2. The quantitative estimate of drug-likeness (QED) is 0.614. The van der Waals surface area contributed by atoms with E-state index in [4.69, 9.17) is 0 Å². The summed E-state index contributed by atoms with van der Waals surface area (Å²) in [6.45, 7) is 5.26. The molecule has 3 nitrogen and oxygen atoms in total. The predicted octanol–water partition coefficient (Wildman–Crippen LogP) is 1.40. The first kappa shape index (κ1) is 9.36. The van der Waals surface area contributed by atoms with Crippen LogP contribution in [-0.4, -0.2) is 42.5 Å². The van der Waals surface area contributed by atoms with Crippen molar-refractivity contribution < 1.29 is 4.79 Å². The van der Waals surface area contributed by atoms with E-state index in [2.05, 4.69) is 13.8 Å². The molecule has 1 aliphatic rings. The Kier molecular flexibility index (Phi) is 2.60. The summed E-state index contributed by atoms with van der Waals surface area (Å²) in [5.74, 6) is 0.664. The van der Waals surface area contributed by atoms with Crippen molar-refractivity contribution >= 4 is 6.03 Å². The summed E-state index contributed by atoms with van der Waals surface area (Å²) in [5.41, 5.74) is 0. The van der Waals surface area contributed by atoms with Crippen molar-refractivity contribution in [1.82, 2.24) is 9.80 Å². The summed E-state index contributed by atoms with van der Waals surface area (Å²) in [5, 5.41) is 0. The van der Waals surface area contributed by atoms with Crippen LogP contribution in [0.1, 0.15) is 20.3 Å². The van der Waals surface area contributed by atoms with Crippen molar-refractivity contribution in [1.29, 1.82) is 0 Å². The van der Waals surface area contributed by atoms with Crippen molar-refractivity contribution in [2.45, 2.75) is 26.3 Å². The Balaban J connectivity index is 2.53. The molecule has 0 aromatic carbocycles. The van der Waals surface area contributed by atoms with Crippen LogP contribution in [0, 0.1) is 5.92 Å². The maximum atomic E-state index is 11.3. The van der Waals surface area contributed by atoms with E-state index in [1.165, 1.54) is 0 Å². The molecule has 0 radical (unpaired) electrons. The molecule has 1 unspecified atom stereocenters. The highest BCUT2D eigenvalue weighted by atomic mass is 16.2. The molecular formula is C9H18N2O. The van der Waals surface area contributed by atoms with Gasteiger partial charge in [-0.25, -0.2) is 4.79 Å². The Labute approximate surface area is 74.3 Å². The van der Waals surface area contributed by atoms with Crippen molar-refractivity contribution in [3.8, 4) is 0 Å². The summed E-state index contributed by atoms with van der Waals surface area (Å²) < 4.78 is 0. The summed E-state index contributed by atoms with van der Waals surface area (Å²) in [6.07, 6.45) is 1.10. The van der Waals surface area contributed by atoms with Gasteiger partial charge in [0.05, 0.1) is 6.04 Å². The van der Waals surface area contributed by atoms with E-state index in [0.717, 1.165) is 13.0 Å². The van der Waals surface area contributed by atoms with Crippen LogP contribution in [0.15, 0.2) is 0 Å². The van der Waals surface area contributed by atoms with E-state index in [1.54, 1.807) is 4.90 Å². The molecule has 0 aromatic heterocycles. The lowest BCUT2D eigenvalue weighted by Crippen LogP contribution is -2.31. The summed E-state index contributed by atoms with van der Waals surface area (Å²) in [4.78, 5) is 15.0. The topological polar surface area (TPSA) is 23.6 Å². The maximum absolute atomic E-state index is 11.3. The molecule has 3 heteroatoms. The SMILES string of the molecule is CC(C)CC1CN(C)C(=O)N1C. The van der Waals surface area contributed by atoms with Gasteiger partial charge in [-0.05, 0) is 12.3 Å². The highest BCUT2D eigenvalue weighted by molar-refractivity contribution is 5.76. The van der Waals surface area contributed by atoms with Gasteiger partial charge in [0.25, 0.3) is 0 Å². The molecule has 0 aliphatic carbocycles. The third kappa shape index (κ3) is 1.71. The minimum Gasteiger partial charge on any atom is -0.326 e. The second-order valence-corrected chi connectivity index (χ2v) is 4.06. The smallest absolute Gasteiger partial charge is 0.319 e. The maximum Gasteiger partial charge on any atom is 0.319 e. The zero-order chi connectivity index (χ0) is 9.30. The fraction of sp³-hybridized carbons (Fsp3) is 0.889. The standard InChI is InChI=1S/C9H18N2O/c1-7(2)5-8-6-10(3)9(12)11(8)4/h7-8H,5-6H2,1-4H3. The van der Waals surface area contributed by atoms with E-state index in [-0.39, 0.29) is 6.03 Å². The Hall–Kier alpha value is -0.730. The minimum absolute atomic E-state index is 0.153. The van der Waals surface area contributed by atoms with E-state index in [0.29, 0.717) is 12.0 Å². The van der Waals surface area contributed by atoms with Crippen LogP contribution in [0.4, 0.5) is 4.79 Å². The number of carbonyl (C=O) groups excluding carboxylic acids is 1. The molecule has 0 N–H and O–H groups in total. The van der Waals surface area contributed by atoms with Crippen LogP contribution in [0.3, 0.4) is 0 Å². The first-order chi connectivity index (χ1) is 5.52. The zero-order valence-corrected chi connectivity index (χ0v) is 8.37. The highest BCUT2D eigenvalue weighted by Gasteiger charge is 2.31. The molecule has 1 atom stereocenters. The van der Waals surface area contributed by atoms with Gasteiger partial charge in [0.15, 0.2) is 0 Å². The molecule has 0 saturated carbocycles. The molecule has 1 fully saturated rings. The fourth-order valence-electron chi connectivity index (χ4n) is 1.72. The number of carbonyl (C=O) groups is 1. The second kappa shape index (κ2) is 3.33. The van der Waals surface area contributed by atoms with Crippen LogP contribution in [-0.2, 0) is 0 Å². The lowest BCUT2D eigenvalue weighted by Gasteiger charge is -2.19. The Bertz CT molecular complexity index is 179. The van der Waals surface area contributed by atoms with Crippen molar-refractivity contribution in [3.63, 3.8) is 0 Å². The van der Waals surface area contributed by atoms with Gasteiger partial charge in [0, 0.05) is 20.6 Å². The number of nitrogens with zero attached hydrogens (tertiary/aromatic N) is 2. The van der Waals surface area contributed by atoms with E-state index < -0.39 is 0 Å². The largest absolute Gasteiger partial charge is 0.326 e. The minimum atomic E-state index is 0.153. The number of urea groups is 1. The third-order valence-electron chi connectivity index (χ3n) is 2.40. The predicted molar refractivity (Wildman–Crippen MR) is 49.0 cm³/mol. The second-order valence-electron chi connectivity index (χ2n) is 4.06. The molecule has 2 amide bonds. The molecular weight excluding hydrogens is 152 g/mol. The first-order valence-corrected chi connectivity index (χ1v) is 4.50. The monoisotopic (exact) mass is 170 g/mol. The summed E-state index contributed by atoms with van der Waals surface area (Å²) >= 11 is 0. The van der Waals surface area contributed by atoms with Gasteiger partial charge >= 0.3 is 6.03 Å². The van der Waals surface area contributed by atoms with E-state index in [1.807, 2.05) is 19.0 Å². The average molecular weight is 170 g/mol.